The first kappa shape index (κ1) is 10.7. The van der Waals surface area contributed by atoms with Crippen LogP contribution >= 0.6 is 11.6 Å². The first-order chi connectivity index (χ1) is 7.45. The summed E-state index contributed by atoms with van der Waals surface area (Å²) >= 11 is 5.93. The molecule has 0 bridgehead atoms. The van der Waals surface area contributed by atoms with Gasteiger partial charge in [0.15, 0.2) is 5.65 Å². The molecule has 0 fully saturated rings. The van der Waals surface area contributed by atoms with Crippen molar-refractivity contribution in [1.29, 1.82) is 0 Å². The Kier molecular flexibility index (Phi) is 2.23. The van der Waals surface area contributed by atoms with Crippen LogP contribution in [-0.4, -0.2) is 14.1 Å². The lowest BCUT2D eigenvalue weighted by atomic mass is 10.3. The molecule has 84 valence electrons. The van der Waals surface area contributed by atoms with Crippen LogP contribution in [-0.2, 0) is 14.1 Å². The standard InChI is InChI=1S/C9H9ClN4O2/c1-13-7-5(6(10)4(11)3-12-7)8(15)14(2)9(13)16/h3H,11H2,1-2H3. The SMILES string of the molecule is Cn1c(=O)c2c(Cl)c(N)cnc2n(C)c1=O. The zero-order valence-electron chi connectivity index (χ0n) is 8.69. The van der Waals surface area contributed by atoms with E-state index in [-0.39, 0.29) is 21.7 Å². The van der Waals surface area contributed by atoms with E-state index in [9.17, 15) is 9.59 Å². The molecule has 0 aliphatic carbocycles. The molecule has 0 saturated heterocycles. The summed E-state index contributed by atoms with van der Waals surface area (Å²) in [5.41, 5.74) is 5.05. The number of rotatable bonds is 0. The summed E-state index contributed by atoms with van der Waals surface area (Å²) in [7, 11) is 2.90. The molecule has 0 aliphatic rings. The quantitative estimate of drug-likeness (QED) is 0.695. The van der Waals surface area contributed by atoms with Crippen molar-refractivity contribution in [3.63, 3.8) is 0 Å². The molecule has 2 heterocycles. The Morgan fingerprint density at radius 2 is 1.94 bits per heavy atom. The maximum atomic E-state index is 11.8. The fraction of sp³-hybridized carbons (Fsp3) is 0.222. The molecule has 2 aromatic heterocycles. The van der Waals surface area contributed by atoms with Crippen molar-refractivity contribution in [2.45, 2.75) is 0 Å². The molecule has 0 saturated carbocycles. The highest BCUT2D eigenvalue weighted by atomic mass is 35.5. The molecular formula is C9H9ClN4O2. The molecule has 2 rings (SSSR count). The summed E-state index contributed by atoms with van der Waals surface area (Å²) in [5.74, 6) is 0. The Bertz CT molecular complexity index is 701. The average Bonchev–Trinajstić information content (AvgIpc) is 2.27. The van der Waals surface area contributed by atoms with E-state index in [0.717, 1.165) is 4.57 Å². The Morgan fingerprint density at radius 1 is 1.31 bits per heavy atom. The lowest BCUT2D eigenvalue weighted by Gasteiger charge is -2.08. The smallest absolute Gasteiger partial charge is 0.332 e. The third-order valence-electron chi connectivity index (χ3n) is 2.43. The number of nitrogens with two attached hydrogens (primary N) is 1. The summed E-state index contributed by atoms with van der Waals surface area (Å²) < 4.78 is 2.22. The van der Waals surface area contributed by atoms with E-state index in [4.69, 9.17) is 17.3 Å². The normalized spacial score (nSPS) is 10.9. The van der Waals surface area contributed by atoms with Crippen molar-refractivity contribution in [2.24, 2.45) is 14.1 Å². The van der Waals surface area contributed by atoms with Crippen LogP contribution in [0, 0.1) is 0 Å². The molecule has 6 nitrogen and oxygen atoms in total. The summed E-state index contributed by atoms with van der Waals surface area (Å²) in [6.45, 7) is 0. The van der Waals surface area contributed by atoms with Gasteiger partial charge in [-0.1, -0.05) is 11.6 Å². The van der Waals surface area contributed by atoms with E-state index in [1.165, 1.54) is 24.9 Å². The summed E-state index contributed by atoms with van der Waals surface area (Å²) in [6.07, 6.45) is 1.32. The van der Waals surface area contributed by atoms with Crippen LogP contribution in [0.1, 0.15) is 0 Å². The number of fused-ring (bicyclic) bond motifs is 1. The summed E-state index contributed by atoms with van der Waals surface area (Å²) in [6, 6.07) is 0. The Hall–Kier alpha value is -1.82. The van der Waals surface area contributed by atoms with E-state index in [0.29, 0.717) is 0 Å². The molecule has 0 unspecified atom stereocenters. The monoisotopic (exact) mass is 240 g/mol. The Labute approximate surface area is 94.9 Å². The second-order valence-electron chi connectivity index (χ2n) is 3.43. The van der Waals surface area contributed by atoms with Crippen LogP contribution < -0.4 is 17.0 Å². The number of nitrogen functional groups attached to an aromatic ring is 1. The number of aromatic nitrogens is 3. The maximum Gasteiger partial charge on any atom is 0.332 e. The third kappa shape index (κ3) is 1.23. The molecular weight excluding hydrogens is 232 g/mol. The Balaban J connectivity index is 3.22. The van der Waals surface area contributed by atoms with Gasteiger partial charge in [-0.2, -0.15) is 0 Å². The van der Waals surface area contributed by atoms with Crippen LogP contribution in [0.15, 0.2) is 15.8 Å². The highest BCUT2D eigenvalue weighted by Crippen LogP contribution is 2.23. The van der Waals surface area contributed by atoms with Gasteiger partial charge in [0.2, 0.25) is 0 Å². The minimum Gasteiger partial charge on any atom is -0.396 e. The number of hydrogen-bond donors (Lipinski definition) is 1. The van der Waals surface area contributed by atoms with Crippen molar-refractivity contribution in [1.82, 2.24) is 14.1 Å². The molecule has 2 N–H and O–H groups in total. The second kappa shape index (κ2) is 3.34. The predicted octanol–water partition coefficient (Wildman–Crippen LogP) is -0.132. The van der Waals surface area contributed by atoms with Crippen LogP contribution in [0.2, 0.25) is 5.02 Å². The molecule has 7 heteroatoms. The number of anilines is 1. The van der Waals surface area contributed by atoms with Crippen LogP contribution in [0.5, 0.6) is 0 Å². The van der Waals surface area contributed by atoms with Gasteiger partial charge in [0.05, 0.1) is 16.9 Å². The van der Waals surface area contributed by atoms with Gasteiger partial charge in [-0.05, 0) is 0 Å². The number of hydrogen-bond acceptors (Lipinski definition) is 4. The first-order valence-corrected chi connectivity index (χ1v) is 4.82. The Morgan fingerprint density at radius 3 is 2.56 bits per heavy atom. The van der Waals surface area contributed by atoms with E-state index in [2.05, 4.69) is 4.98 Å². The van der Waals surface area contributed by atoms with Gasteiger partial charge < -0.3 is 5.73 Å². The fourth-order valence-electron chi connectivity index (χ4n) is 1.51. The van der Waals surface area contributed by atoms with E-state index >= 15 is 0 Å². The van der Waals surface area contributed by atoms with Crippen molar-refractivity contribution < 1.29 is 0 Å². The maximum absolute atomic E-state index is 11.8. The minimum atomic E-state index is -0.497. The lowest BCUT2D eigenvalue weighted by Crippen LogP contribution is -2.37. The highest BCUT2D eigenvalue weighted by Gasteiger charge is 2.14. The van der Waals surface area contributed by atoms with Gasteiger partial charge in [0.1, 0.15) is 5.39 Å². The topological polar surface area (TPSA) is 82.9 Å². The molecule has 16 heavy (non-hydrogen) atoms. The van der Waals surface area contributed by atoms with Crippen molar-refractivity contribution >= 4 is 28.3 Å². The van der Waals surface area contributed by atoms with Crippen LogP contribution in [0.4, 0.5) is 5.69 Å². The predicted molar refractivity (Wildman–Crippen MR) is 61.6 cm³/mol. The van der Waals surface area contributed by atoms with E-state index < -0.39 is 11.2 Å². The zero-order chi connectivity index (χ0) is 12.0. The molecule has 0 radical (unpaired) electrons. The van der Waals surface area contributed by atoms with Crippen molar-refractivity contribution in [2.75, 3.05) is 5.73 Å². The first-order valence-electron chi connectivity index (χ1n) is 4.45. The van der Waals surface area contributed by atoms with Gasteiger partial charge in [-0.25, -0.2) is 9.78 Å². The number of pyridine rings is 1. The molecule has 0 atom stereocenters. The van der Waals surface area contributed by atoms with Gasteiger partial charge in [-0.3, -0.25) is 13.9 Å². The van der Waals surface area contributed by atoms with E-state index in [1.54, 1.807) is 0 Å². The second-order valence-corrected chi connectivity index (χ2v) is 3.81. The van der Waals surface area contributed by atoms with E-state index in [1.807, 2.05) is 0 Å². The van der Waals surface area contributed by atoms with Crippen LogP contribution in [0.25, 0.3) is 11.0 Å². The molecule has 0 spiro atoms. The van der Waals surface area contributed by atoms with Gasteiger partial charge in [0, 0.05) is 14.1 Å². The zero-order valence-corrected chi connectivity index (χ0v) is 9.45. The molecule has 0 aliphatic heterocycles. The number of halogens is 1. The molecule has 0 amide bonds. The lowest BCUT2D eigenvalue weighted by molar-refractivity contribution is 0.708. The van der Waals surface area contributed by atoms with Crippen LogP contribution in [0.3, 0.4) is 0 Å². The van der Waals surface area contributed by atoms with Crippen molar-refractivity contribution in [3.8, 4) is 0 Å². The van der Waals surface area contributed by atoms with Crippen molar-refractivity contribution in [3.05, 3.63) is 32.1 Å². The highest BCUT2D eigenvalue weighted by molar-refractivity contribution is 6.37. The largest absolute Gasteiger partial charge is 0.396 e. The van der Waals surface area contributed by atoms with Gasteiger partial charge in [-0.15, -0.1) is 0 Å². The summed E-state index contributed by atoms with van der Waals surface area (Å²) in [4.78, 5) is 27.4. The molecule has 0 aromatic carbocycles. The third-order valence-corrected chi connectivity index (χ3v) is 2.84. The minimum absolute atomic E-state index is 0.126. The number of aryl methyl sites for hydroxylation is 1. The summed E-state index contributed by atoms with van der Waals surface area (Å²) in [5, 5.41) is 0.285. The van der Waals surface area contributed by atoms with Gasteiger partial charge >= 0.3 is 5.69 Å². The average molecular weight is 241 g/mol. The fourth-order valence-corrected chi connectivity index (χ4v) is 1.72. The van der Waals surface area contributed by atoms with Gasteiger partial charge in [0.25, 0.3) is 5.56 Å². The molecule has 2 aromatic rings. The number of nitrogens with zero attached hydrogens (tertiary/aromatic N) is 3.